The number of benzene rings is 1. The second-order valence-corrected chi connectivity index (χ2v) is 16.1. The Morgan fingerprint density at radius 2 is 1.53 bits per heavy atom. The summed E-state index contributed by atoms with van der Waals surface area (Å²) in [6, 6.07) is 5.21. The Kier molecular flexibility index (Phi) is 20.1. The van der Waals surface area contributed by atoms with E-state index < -0.39 is 66.1 Å². The third-order valence-electron chi connectivity index (χ3n) is 11.4. The van der Waals surface area contributed by atoms with Gasteiger partial charge in [-0.2, -0.15) is 0 Å². The number of hydrogen-bond acceptors (Lipinski definition) is 9. The van der Waals surface area contributed by atoms with E-state index in [4.69, 9.17) is 9.47 Å². The number of carboxylic acid groups (broad SMARTS) is 1. The van der Waals surface area contributed by atoms with Crippen LogP contribution in [0.15, 0.2) is 30.3 Å². The molecule has 57 heavy (non-hydrogen) atoms. The molecule has 4 N–H and O–H groups in total. The molecule has 1 aromatic carbocycles. The Bertz CT molecular complexity index is 1480. The summed E-state index contributed by atoms with van der Waals surface area (Å²) in [7, 11) is 7.90. The van der Waals surface area contributed by atoms with Gasteiger partial charge in [-0.1, -0.05) is 85.2 Å². The van der Waals surface area contributed by atoms with Crippen molar-refractivity contribution >= 4 is 35.5 Å². The third kappa shape index (κ3) is 13.2. The summed E-state index contributed by atoms with van der Waals surface area (Å²) in [6.45, 7) is 13.6. The molecular formula is C42H70N6O9. The Balaban J connectivity index is 2.29. The van der Waals surface area contributed by atoms with E-state index in [9.17, 15) is 33.9 Å². The summed E-state index contributed by atoms with van der Waals surface area (Å²) >= 11 is 0. The fourth-order valence-corrected chi connectivity index (χ4v) is 7.99. The number of aliphatic carboxylic acids is 1. The molecule has 0 aromatic heterocycles. The molecule has 1 unspecified atom stereocenters. The summed E-state index contributed by atoms with van der Waals surface area (Å²) < 4.78 is 11.9. The summed E-state index contributed by atoms with van der Waals surface area (Å²) in [5, 5.41) is 18.3. The van der Waals surface area contributed by atoms with Gasteiger partial charge in [0.15, 0.2) is 0 Å². The quantitative estimate of drug-likeness (QED) is 0.128. The number of rotatable bonds is 23. The first kappa shape index (κ1) is 49.1. The largest absolute Gasteiger partial charge is 0.480 e. The number of carboxylic acids is 1. The fraction of sp³-hybridized carbons (Fsp3) is 0.714. The van der Waals surface area contributed by atoms with Crippen molar-refractivity contribution in [2.45, 2.75) is 123 Å². The number of amides is 5. The molecule has 0 bridgehead atoms. The van der Waals surface area contributed by atoms with Crippen LogP contribution in [0.25, 0.3) is 0 Å². The lowest BCUT2D eigenvalue weighted by Crippen LogP contribution is -2.60. The van der Waals surface area contributed by atoms with E-state index in [-0.39, 0.29) is 54.9 Å². The van der Waals surface area contributed by atoms with Gasteiger partial charge in [0.2, 0.25) is 29.5 Å². The minimum atomic E-state index is -1.15. The van der Waals surface area contributed by atoms with Crippen molar-refractivity contribution in [3.8, 4) is 0 Å². The van der Waals surface area contributed by atoms with Crippen molar-refractivity contribution < 1.29 is 43.3 Å². The van der Waals surface area contributed by atoms with E-state index in [1.807, 2.05) is 59.7 Å². The van der Waals surface area contributed by atoms with Crippen molar-refractivity contribution in [3.63, 3.8) is 0 Å². The van der Waals surface area contributed by atoms with Gasteiger partial charge >= 0.3 is 5.97 Å². The number of carbonyl (C=O) groups excluding carboxylic acids is 5. The average Bonchev–Trinajstić information content (AvgIpc) is 3.66. The van der Waals surface area contributed by atoms with Crippen molar-refractivity contribution in [2.24, 2.45) is 23.7 Å². The Morgan fingerprint density at radius 1 is 0.895 bits per heavy atom. The molecule has 5 amide bonds. The summed E-state index contributed by atoms with van der Waals surface area (Å²) in [5.74, 6) is -4.27. The molecule has 1 aliphatic heterocycles. The highest BCUT2D eigenvalue weighted by atomic mass is 16.5. The Hall–Kier alpha value is -4.08. The Morgan fingerprint density at radius 3 is 2.04 bits per heavy atom. The molecule has 0 radical (unpaired) electrons. The first-order chi connectivity index (χ1) is 26.9. The number of ether oxygens (including phenoxy) is 2. The van der Waals surface area contributed by atoms with E-state index >= 15 is 0 Å². The maximum Gasteiger partial charge on any atom is 0.326 e. The molecule has 0 spiro atoms. The van der Waals surface area contributed by atoms with Crippen molar-refractivity contribution in [1.82, 2.24) is 30.7 Å². The van der Waals surface area contributed by atoms with E-state index in [0.717, 1.165) is 5.56 Å². The molecule has 15 heteroatoms. The second kappa shape index (κ2) is 23.4. The standard InChI is InChI=1S/C42H70N6O9/c1-13-27(6)37(47(10)41(53)35(25(2)3)45-40(52)36(26(4)5)46(9)34(50)24-43-8)32(56-11)23-33(49)48-21-17-20-31(48)38(57-12)28(7)39(51)44-30(42(54)55)22-29-18-15-14-16-19-29/h14-16,18-19,25-28,30-32,35-38,43H,13,17,20-24H2,1-12H3,(H,44,51)(H,45,52)(H,54,55)/t27-,28+,30-,31-,32+,35?,36-,37-,38+/m0/s1. The zero-order valence-electron chi connectivity index (χ0n) is 36.2. The lowest BCUT2D eigenvalue weighted by molar-refractivity contribution is -0.149. The maximum absolute atomic E-state index is 14.4. The molecule has 322 valence electrons. The van der Waals surface area contributed by atoms with Crippen LogP contribution in [0, 0.1) is 23.7 Å². The summed E-state index contributed by atoms with van der Waals surface area (Å²) in [4.78, 5) is 85.4. The van der Waals surface area contributed by atoms with Crippen molar-refractivity contribution in [3.05, 3.63) is 35.9 Å². The smallest absolute Gasteiger partial charge is 0.326 e. The van der Waals surface area contributed by atoms with Gasteiger partial charge in [0.05, 0.1) is 43.2 Å². The lowest BCUT2D eigenvalue weighted by atomic mass is 9.89. The van der Waals surface area contributed by atoms with Gasteiger partial charge in [-0.25, -0.2) is 4.79 Å². The maximum atomic E-state index is 14.4. The molecule has 1 fully saturated rings. The highest BCUT2D eigenvalue weighted by Gasteiger charge is 2.43. The van der Waals surface area contributed by atoms with E-state index in [1.165, 1.54) is 19.1 Å². The number of carbonyl (C=O) groups is 6. The summed E-state index contributed by atoms with van der Waals surface area (Å²) in [5.41, 5.74) is 0.773. The monoisotopic (exact) mass is 803 g/mol. The van der Waals surface area contributed by atoms with Crippen LogP contribution in [-0.4, -0.2) is 146 Å². The molecule has 0 aliphatic carbocycles. The van der Waals surface area contributed by atoms with Crippen molar-refractivity contribution in [1.29, 1.82) is 0 Å². The summed E-state index contributed by atoms with van der Waals surface area (Å²) in [6.07, 6.45) is 0.583. The van der Waals surface area contributed by atoms with Crippen LogP contribution in [0.4, 0.5) is 0 Å². The minimum Gasteiger partial charge on any atom is -0.480 e. The third-order valence-corrected chi connectivity index (χ3v) is 11.4. The first-order valence-electron chi connectivity index (χ1n) is 20.3. The van der Waals surface area contributed by atoms with Gasteiger partial charge < -0.3 is 45.2 Å². The van der Waals surface area contributed by atoms with Crippen LogP contribution in [0.1, 0.15) is 79.7 Å². The number of likely N-dealkylation sites (N-methyl/N-ethyl adjacent to an activating group) is 3. The molecular weight excluding hydrogens is 732 g/mol. The van der Waals surface area contributed by atoms with Crippen LogP contribution in [-0.2, 0) is 44.7 Å². The molecule has 1 saturated heterocycles. The average molecular weight is 803 g/mol. The topological polar surface area (TPSA) is 187 Å². The lowest BCUT2D eigenvalue weighted by Gasteiger charge is -2.41. The van der Waals surface area contributed by atoms with Gasteiger partial charge in [-0.05, 0) is 43.2 Å². The van der Waals surface area contributed by atoms with Crippen LogP contribution in [0.2, 0.25) is 0 Å². The highest BCUT2D eigenvalue weighted by Crippen LogP contribution is 2.30. The highest BCUT2D eigenvalue weighted by molar-refractivity contribution is 5.93. The van der Waals surface area contributed by atoms with E-state index in [1.54, 1.807) is 50.0 Å². The normalized spacial score (nSPS) is 18.5. The number of likely N-dealkylation sites (tertiary alicyclic amines) is 1. The fourth-order valence-electron chi connectivity index (χ4n) is 7.99. The minimum absolute atomic E-state index is 0.0543. The second-order valence-electron chi connectivity index (χ2n) is 16.1. The van der Waals surface area contributed by atoms with Gasteiger partial charge in [-0.15, -0.1) is 0 Å². The van der Waals surface area contributed by atoms with Crippen molar-refractivity contribution in [2.75, 3.05) is 48.5 Å². The van der Waals surface area contributed by atoms with E-state index in [0.29, 0.717) is 25.8 Å². The molecule has 1 heterocycles. The first-order valence-corrected chi connectivity index (χ1v) is 20.3. The Labute approximate surface area is 339 Å². The molecule has 15 nitrogen and oxygen atoms in total. The van der Waals surface area contributed by atoms with Crippen LogP contribution >= 0.6 is 0 Å². The van der Waals surface area contributed by atoms with E-state index in [2.05, 4.69) is 16.0 Å². The van der Waals surface area contributed by atoms with Crippen LogP contribution in [0.5, 0.6) is 0 Å². The molecule has 1 aromatic rings. The number of nitrogens with one attached hydrogen (secondary N) is 3. The van der Waals surface area contributed by atoms with Crippen LogP contribution in [0.3, 0.4) is 0 Å². The SMILES string of the molecule is CC[C@H](C)[C@@H]([C@@H](CC(=O)N1CCC[C@H]1[C@H](OC)[C@@H](C)C(=O)N[C@@H](Cc1ccccc1)C(=O)O)OC)N(C)C(=O)C(NC(=O)[C@H](C(C)C)N(C)C(=O)CNC)C(C)C. The van der Waals surface area contributed by atoms with Gasteiger partial charge in [0.25, 0.3) is 0 Å². The molecule has 1 aliphatic rings. The zero-order chi connectivity index (χ0) is 43.1. The predicted octanol–water partition coefficient (Wildman–Crippen LogP) is 2.56. The van der Waals surface area contributed by atoms with Gasteiger partial charge in [-0.3, -0.25) is 24.0 Å². The molecule has 9 atom stereocenters. The van der Waals surface area contributed by atoms with Gasteiger partial charge in [0, 0.05) is 41.3 Å². The predicted molar refractivity (Wildman–Crippen MR) is 218 cm³/mol. The zero-order valence-corrected chi connectivity index (χ0v) is 36.2. The number of hydrogen-bond donors (Lipinski definition) is 4. The molecule has 2 rings (SSSR count). The number of methoxy groups -OCH3 is 2. The van der Waals surface area contributed by atoms with Gasteiger partial charge in [0.1, 0.15) is 18.1 Å². The molecule has 0 saturated carbocycles. The number of nitrogens with zero attached hydrogens (tertiary/aromatic N) is 3. The van der Waals surface area contributed by atoms with Crippen LogP contribution < -0.4 is 16.0 Å².